The van der Waals surface area contributed by atoms with Crippen LogP contribution in [0.3, 0.4) is 0 Å². The van der Waals surface area contributed by atoms with E-state index >= 15 is 0 Å². The summed E-state index contributed by atoms with van der Waals surface area (Å²) in [6.07, 6.45) is 0.902. The van der Waals surface area contributed by atoms with Gasteiger partial charge in [-0.25, -0.2) is 0 Å². The first-order valence-corrected chi connectivity index (χ1v) is 7.63. The van der Waals surface area contributed by atoms with Crippen molar-refractivity contribution in [1.82, 2.24) is 5.32 Å². The lowest BCUT2D eigenvalue weighted by atomic mass is 10.1. The standard InChI is InChI=1S/C17H13BrN2O/c18-15-9-12-5-1-2-7-14(12)16(15)20-17(21)13-6-3-4-11(8-13)10-19/h1-8,15-16H,9H2,(H,20,21). The molecule has 0 saturated carbocycles. The Morgan fingerprint density at radius 2 is 2.05 bits per heavy atom. The molecule has 2 aromatic carbocycles. The highest BCUT2D eigenvalue weighted by molar-refractivity contribution is 9.09. The minimum absolute atomic E-state index is 0.0422. The first-order valence-electron chi connectivity index (χ1n) is 6.72. The van der Waals surface area contributed by atoms with Crippen molar-refractivity contribution in [2.75, 3.05) is 0 Å². The number of halogens is 1. The summed E-state index contributed by atoms with van der Waals surface area (Å²) in [5.41, 5.74) is 3.42. The number of hydrogen-bond acceptors (Lipinski definition) is 2. The lowest BCUT2D eigenvalue weighted by Crippen LogP contribution is -2.31. The van der Waals surface area contributed by atoms with Gasteiger partial charge in [-0.2, -0.15) is 5.26 Å². The molecule has 0 bridgehead atoms. The SMILES string of the molecule is N#Cc1cccc(C(=O)NC2c3ccccc3CC2Br)c1. The summed E-state index contributed by atoms with van der Waals surface area (Å²) in [7, 11) is 0. The molecule has 1 aliphatic rings. The Balaban J connectivity index is 1.83. The third-order valence-electron chi connectivity index (χ3n) is 3.71. The number of rotatable bonds is 2. The predicted octanol–water partition coefficient (Wildman–Crippen LogP) is 3.35. The van der Waals surface area contributed by atoms with E-state index in [0.29, 0.717) is 11.1 Å². The molecule has 0 aromatic heterocycles. The number of hydrogen-bond donors (Lipinski definition) is 1. The molecular weight excluding hydrogens is 328 g/mol. The topological polar surface area (TPSA) is 52.9 Å². The number of carbonyl (C=O) groups excluding carboxylic acids is 1. The van der Waals surface area contributed by atoms with Crippen molar-refractivity contribution in [2.24, 2.45) is 0 Å². The maximum absolute atomic E-state index is 12.4. The second-order valence-electron chi connectivity index (χ2n) is 5.06. The number of carbonyl (C=O) groups is 1. The summed E-state index contributed by atoms with van der Waals surface area (Å²) in [4.78, 5) is 12.6. The van der Waals surface area contributed by atoms with Crippen LogP contribution in [0.5, 0.6) is 0 Å². The van der Waals surface area contributed by atoms with Gasteiger partial charge < -0.3 is 5.32 Å². The molecule has 3 rings (SSSR count). The van der Waals surface area contributed by atoms with Crippen molar-refractivity contribution in [3.05, 3.63) is 70.8 Å². The molecule has 1 N–H and O–H groups in total. The molecule has 0 fully saturated rings. The first kappa shape index (κ1) is 13.8. The van der Waals surface area contributed by atoms with E-state index in [1.54, 1.807) is 24.3 Å². The average Bonchev–Trinajstić information content (AvgIpc) is 2.83. The van der Waals surface area contributed by atoms with Gasteiger partial charge in [-0.1, -0.05) is 46.3 Å². The Bertz CT molecular complexity index is 736. The van der Waals surface area contributed by atoms with Gasteiger partial charge in [-0.15, -0.1) is 0 Å². The summed E-state index contributed by atoms with van der Waals surface area (Å²) in [5, 5.41) is 12.0. The molecule has 1 amide bonds. The minimum Gasteiger partial charge on any atom is -0.344 e. The molecule has 2 unspecified atom stereocenters. The van der Waals surface area contributed by atoms with Crippen LogP contribution in [0.25, 0.3) is 0 Å². The van der Waals surface area contributed by atoms with Crippen molar-refractivity contribution in [3.8, 4) is 6.07 Å². The smallest absolute Gasteiger partial charge is 0.251 e. The fourth-order valence-corrected chi connectivity index (χ4v) is 3.43. The molecule has 0 aliphatic heterocycles. The molecule has 0 radical (unpaired) electrons. The molecule has 104 valence electrons. The molecule has 0 saturated heterocycles. The molecule has 0 heterocycles. The van der Waals surface area contributed by atoms with Gasteiger partial charge >= 0.3 is 0 Å². The molecule has 21 heavy (non-hydrogen) atoms. The Morgan fingerprint density at radius 1 is 1.24 bits per heavy atom. The van der Waals surface area contributed by atoms with E-state index in [4.69, 9.17) is 5.26 Å². The summed E-state index contributed by atoms with van der Waals surface area (Å²) in [6, 6.07) is 16.9. The van der Waals surface area contributed by atoms with Crippen LogP contribution in [-0.4, -0.2) is 10.7 Å². The minimum atomic E-state index is -0.154. The second kappa shape index (κ2) is 5.71. The third kappa shape index (κ3) is 2.70. The van der Waals surface area contributed by atoms with Gasteiger partial charge in [-0.05, 0) is 35.7 Å². The van der Waals surface area contributed by atoms with Crippen LogP contribution in [0.15, 0.2) is 48.5 Å². The van der Waals surface area contributed by atoms with Crippen LogP contribution in [-0.2, 0) is 6.42 Å². The Hall–Kier alpha value is -2.12. The summed E-state index contributed by atoms with van der Waals surface area (Å²) in [6.45, 7) is 0. The summed E-state index contributed by atoms with van der Waals surface area (Å²) >= 11 is 3.65. The van der Waals surface area contributed by atoms with Gasteiger partial charge in [0.25, 0.3) is 5.91 Å². The highest BCUT2D eigenvalue weighted by Crippen LogP contribution is 2.35. The van der Waals surface area contributed by atoms with Crippen molar-refractivity contribution in [2.45, 2.75) is 17.3 Å². The predicted molar refractivity (Wildman–Crippen MR) is 84.2 cm³/mol. The number of alkyl halides is 1. The van der Waals surface area contributed by atoms with E-state index in [2.05, 4.69) is 33.4 Å². The third-order valence-corrected chi connectivity index (χ3v) is 4.56. The molecule has 1 aliphatic carbocycles. The van der Waals surface area contributed by atoms with Crippen molar-refractivity contribution < 1.29 is 4.79 Å². The summed E-state index contributed by atoms with van der Waals surface area (Å²) in [5.74, 6) is -0.154. The number of amides is 1. The quantitative estimate of drug-likeness (QED) is 0.852. The highest BCUT2D eigenvalue weighted by Gasteiger charge is 2.31. The lowest BCUT2D eigenvalue weighted by molar-refractivity contribution is 0.0938. The van der Waals surface area contributed by atoms with Gasteiger partial charge in [0.05, 0.1) is 17.7 Å². The van der Waals surface area contributed by atoms with E-state index in [9.17, 15) is 4.79 Å². The maximum Gasteiger partial charge on any atom is 0.251 e. The number of nitriles is 1. The number of nitrogens with one attached hydrogen (secondary N) is 1. The van der Waals surface area contributed by atoms with Crippen molar-refractivity contribution in [3.63, 3.8) is 0 Å². The van der Waals surface area contributed by atoms with Crippen LogP contribution in [0, 0.1) is 11.3 Å². The van der Waals surface area contributed by atoms with Gasteiger partial charge in [0.1, 0.15) is 0 Å². The monoisotopic (exact) mass is 340 g/mol. The molecule has 3 nitrogen and oxygen atoms in total. The normalized spacial score (nSPS) is 19.6. The Kier molecular flexibility index (Phi) is 3.76. The fraction of sp³-hybridized carbons (Fsp3) is 0.176. The first-order chi connectivity index (χ1) is 10.2. The Labute approximate surface area is 131 Å². The fourth-order valence-electron chi connectivity index (χ4n) is 2.67. The van der Waals surface area contributed by atoms with E-state index in [1.165, 1.54) is 5.56 Å². The van der Waals surface area contributed by atoms with Crippen molar-refractivity contribution >= 4 is 21.8 Å². The average molecular weight is 341 g/mol. The van der Waals surface area contributed by atoms with Gasteiger partial charge in [0.15, 0.2) is 0 Å². The van der Waals surface area contributed by atoms with E-state index < -0.39 is 0 Å². The summed E-state index contributed by atoms with van der Waals surface area (Å²) < 4.78 is 0. The maximum atomic E-state index is 12.4. The largest absolute Gasteiger partial charge is 0.344 e. The number of benzene rings is 2. The van der Waals surface area contributed by atoms with Gasteiger partial charge in [0.2, 0.25) is 0 Å². The molecular formula is C17H13BrN2O. The van der Waals surface area contributed by atoms with E-state index in [1.807, 2.05) is 18.2 Å². The molecule has 2 atom stereocenters. The van der Waals surface area contributed by atoms with Crippen LogP contribution in [0.2, 0.25) is 0 Å². The van der Waals surface area contributed by atoms with E-state index in [-0.39, 0.29) is 16.8 Å². The number of nitrogens with zero attached hydrogens (tertiary/aromatic N) is 1. The highest BCUT2D eigenvalue weighted by atomic mass is 79.9. The second-order valence-corrected chi connectivity index (χ2v) is 6.24. The lowest BCUT2D eigenvalue weighted by Gasteiger charge is -2.17. The molecule has 4 heteroatoms. The van der Waals surface area contributed by atoms with Gasteiger partial charge in [0, 0.05) is 10.4 Å². The zero-order chi connectivity index (χ0) is 14.8. The zero-order valence-corrected chi connectivity index (χ0v) is 12.8. The Morgan fingerprint density at radius 3 is 2.86 bits per heavy atom. The molecule has 2 aromatic rings. The van der Waals surface area contributed by atoms with Crippen molar-refractivity contribution in [1.29, 1.82) is 5.26 Å². The van der Waals surface area contributed by atoms with Crippen LogP contribution >= 0.6 is 15.9 Å². The van der Waals surface area contributed by atoms with Crippen LogP contribution in [0.4, 0.5) is 0 Å². The van der Waals surface area contributed by atoms with Gasteiger partial charge in [-0.3, -0.25) is 4.79 Å². The van der Waals surface area contributed by atoms with Crippen LogP contribution in [0.1, 0.15) is 33.1 Å². The zero-order valence-electron chi connectivity index (χ0n) is 11.2. The molecule has 0 spiro atoms. The van der Waals surface area contributed by atoms with Crippen LogP contribution < -0.4 is 5.32 Å². The number of fused-ring (bicyclic) bond motifs is 1. The van der Waals surface area contributed by atoms with E-state index in [0.717, 1.165) is 12.0 Å².